The third-order valence-corrected chi connectivity index (χ3v) is 5.66. The molecule has 2 heteroatoms. The van der Waals surface area contributed by atoms with E-state index in [9.17, 15) is 0 Å². The highest BCUT2D eigenvalue weighted by Gasteiger charge is 2.12. The van der Waals surface area contributed by atoms with Gasteiger partial charge in [0.25, 0.3) is 16.3 Å². The van der Waals surface area contributed by atoms with Crippen LogP contribution in [-0.4, -0.2) is 23.4 Å². The third-order valence-electron chi connectivity index (χ3n) is 4.58. The molecule has 0 aliphatic carbocycles. The average molecular weight is 312 g/mol. The monoisotopic (exact) mass is 312 g/mol. The zero-order valence-electron chi connectivity index (χ0n) is 13.3. The summed E-state index contributed by atoms with van der Waals surface area (Å²) in [5.41, 5.74) is 2.55. The van der Waals surface area contributed by atoms with E-state index in [1.807, 2.05) is 12.1 Å². The van der Waals surface area contributed by atoms with Gasteiger partial charge in [-0.25, -0.2) is 0 Å². The number of hydrogen-bond donors (Lipinski definition) is 0. The zero-order chi connectivity index (χ0) is 15.8. The topological polar surface area (TPSA) is 9.23 Å². The minimum atomic E-state index is 0.891. The minimum absolute atomic E-state index is 0.891. The number of benzene rings is 4. The highest BCUT2D eigenvalue weighted by Crippen LogP contribution is 2.35. The number of rotatable bonds is 2. The molecule has 0 N–H and O–H groups in total. The summed E-state index contributed by atoms with van der Waals surface area (Å²) in [5.74, 6) is 0.891. The van der Waals surface area contributed by atoms with Crippen LogP contribution in [0.2, 0.25) is 0 Å². The molecule has 110 valence electrons. The van der Waals surface area contributed by atoms with Gasteiger partial charge in [0, 0.05) is 0 Å². The smallest absolute Gasteiger partial charge is 0.260 e. The first-order valence-electron chi connectivity index (χ1n) is 7.84. The maximum Gasteiger partial charge on any atom is 0.260 e. The van der Waals surface area contributed by atoms with Gasteiger partial charge in [-0.2, -0.15) is 0 Å². The summed E-state index contributed by atoms with van der Waals surface area (Å²) in [5, 5.41) is 5.43. The Morgan fingerprint density at radius 3 is 1.61 bits per heavy atom. The highest BCUT2D eigenvalue weighted by atomic mass is 27.0. The highest BCUT2D eigenvalue weighted by molar-refractivity contribution is 6.46. The molecule has 0 spiro atoms. The molecule has 0 aliphatic rings. The standard InChI is InChI=1S/C21H15O.Al.2H/c1-22-18-12-10-15(11-13-18)21-19-8-4-2-6-16(19)14-17-7-3-5-9-20(17)21;;;/h2-13H,1H3;;;. The molecule has 0 atom stereocenters. The molecule has 0 unspecified atom stereocenters. The third kappa shape index (κ3) is 2.32. The van der Waals surface area contributed by atoms with Gasteiger partial charge in [0.15, 0.2) is 0 Å². The summed E-state index contributed by atoms with van der Waals surface area (Å²) in [7, 11) is 1.70. The predicted octanol–water partition coefficient (Wildman–Crippen LogP) is 3.93. The van der Waals surface area contributed by atoms with Crippen molar-refractivity contribution in [2.24, 2.45) is 0 Å². The van der Waals surface area contributed by atoms with Gasteiger partial charge < -0.3 is 4.74 Å². The summed E-state index contributed by atoms with van der Waals surface area (Å²) >= 11 is 1.04. The summed E-state index contributed by atoms with van der Waals surface area (Å²) in [6.45, 7) is 0. The van der Waals surface area contributed by atoms with E-state index in [0.717, 1.165) is 22.0 Å². The van der Waals surface area contributed by atoms with Crippen molar-refractivity contribution in [2.45, 2.75) is 0 Å². The average Bonchev–Trinajstić information content (AvgIpc) is 2.63. The Kier molecular flexibility index (Phi) is 3.58. The van der Waals surface area contributed by atoms with Crippen molar-refractivity contribution < 1.29 is 4.74 Å². The molecule has 0 saturated carbocycles. The number of fused-ring (bicyclic) bond motifs is 2. The van der Waals surface area contributed by atoms with Crippen molar-refractivity contribution in [1.82, 2.24) is 0 Å². The van der Waals surface area contributed by atoms with Gasteiger partial charge in [-0.1, -0.05) is 60.7 Å². The van der Waals surface area contributed by atoms with Gasteiger partial charge in [-0.15, -0.1) is 4.43 Å². The van der Waals surface area contributed by atoms with Gasteiger partial charge in [0.05, 0.1) is 7.11 Å². The van der Waals surface area contributed by atoms with Crippen molar-refractivity contribution in [3.63, 3.8) is 0 Å². The van der Waals surface area contributed by atoms with Gasteiger partial charge in [-0.05, 0) is 44.8 Å². The Bertz CT molecular complexity index is 946. The lowest BCUT2D eigenvalue weighted by atomic mass is 9.92. The van der Waals surface area contributed by atoms with Gasteiger partial charge in [0.1, 0.15) is 5.75 Å². The lowest BCUT2D eigenvalue weighted by molar-refractivity contribution is 0.415. The number of ether oxygens (including phenoxy) is 1. The predicted molar refractivity (Wildman–Crippen MR) is 102 cm³/mol. The van der Waals surface area contributed by atoms with Crippen LogP contribution in [0.5, 0.6) is 5.75 Å². The molecule has 1 nitrogen and oxygen atoms in total. The van der Waals surface area contributed by atoms with E-state index in [-0.39, 0.29) is 0 Å². The molecule has 4 rings (SSSR count). The summed E-state index contributed by atoms with van der Waals surface area (Å²) in [6.07, 6.45) is 0. The van der Waals surface area contributed by atoms with E-state index in [1.165, 1.54) is 37.1 Å². The van der Waals surface area contributed by atoms with E-state index < -0.39 is 0 Å². The SMILES string of the molecule is COc1ccc(-c2c3ccccc3[c]([AlH2])c3ccccc23)cc1. The maximum absolute atomic E-state index is 5.30. The first kappa shape index (κ1) is 14.3. The zero-order valence-corrected chi connectivity index (χ0v) is 15.3. The van der Waals surface area contributed by atoms with Crippen LogP contribution in [0.25, 0.3) is 32.7 Å². The van der Waals surface area contributed by atoms with Crippen LogP contribution < -0.4 is 9.16 Å². The Morgan fingerprint density at radius 2 is 1.13 bits per heavy atom. The Morgan fingerprint density at radius 1 is 0.652 bits per heavy atom. The lowest BCUT2D eigenvalue weighted by Crippen LogP contribution is -2.07. The van der Waals surface area contributed by atoms with Crippen molar-refractivity contribution in [3.8, 4) is 16.9 Å². The summed E-state index contributed by atoms with van der Waals surface area (Å²) < 4.78 is 6.78. The Hall–Kier alpha value is -2.27. The van der Waals surface area contributed by atoms with E-state index in [4.69, 9.17) is 4.74 Å². The molecular weight excluding hydrogens is 295 g/mol. The normalized spacial score (nSPS) is 11.0. The molecule has 0 heterocycles. The molecule has 0 amide bonds. The molecule has 0 saturated heterocycles. The molecule has 0 aliphatic heterocycles. The second-order valence-electron chi connectivity index (χ2n) is 5.82. The fourth-order valence-corrected chi connectivity index (χ4v) is 4.29. The van der Waals surface area contributed by atoms with Crippen molar-refractivity contribution >= 4 is 42.3 Å². The van der Waals surface area contributed by atoms with Crippen LogP contribution in [0.1, 0.15) is 0 Å². The van der Waals surface area contributed by atoms with Crippen LogP contribution in [0.15, 0.2) is 72.8 Å². The molecule has 0 radical (unpaired) electrons. The van der Waals surface area contributed by atoms with Crippen molar-refractivity contribution in [3.05, 3.63) is 72.8 Å². The molecule has 0 aromatic heterocycles. The lowest BCUT2D eigenvalue weighted by Gasteiger charge is -2.15. The molecule has 4 aromatic rings. The van der Waals surface area contributed by atoms with Crippen LogP contribution in [-0.2, 0) is 0 Å². The van der Waals surface area contributed by atoms with Crippen LogP contribution in [0, 0.1) is 0 Å². The van der Waals surface area contributed by atoms with Crippen molar-refractivity contribution in [2.75, 3.05) is 7.11 Å². The van der Waals surface area contributed by atoms with Gasteiger partial charge in [0.2, 0.25) is 0 Å². The van der Waals surface area contributed by atoms with E-state index >= 15 is 0 Å². The van der Waals surface area contributed by atoms with E-state index in [1.54, 1.807) is 7.11 Å². The molecular formula is C21H17AlO. The first-order chi connectivity index (χ1) is 11.3. The quantitative estimate of drug-likeness (QED) is 0.402. The second-order valence-corrected chi connectivity index (χ2v) is 6.82. The van der Waals surface area contributed by atoms with E-state index in [0.29, 0.717) is 0 Å². The molecule has 0 bridgehead atoms. The summed E-state index contributed by atoms with van der Waals surface area (Å²) in [6, 6.07) is 25.9. The van der Waals surface area contributed by atoms with Crippen molar-refractivity contribution in [1.29, 1.82) is 0 Å². The fraction of sp³-hybridized carbons (Fsp3) is 0.0476. The van der Waals surface area contributed by atoms with Crippen LogP contribution in [0.4, 0.5) is 0 Å². The maximum atomic E-state index is 5.30. The molecule has 4 aromatic carbocycles. The number of methoxy groups -OCH3 is 1. The van der Waals surface area contributed by atoms with E-state index in [2.05, 4.69) is 60.7 Å². The minimum Gasteiger partial charge on any atom is -0.497 e. The summed E-state index contributed by atoms with van der Waals surface area (Å²) in [4.78, 5) is 0. The van der Waals surface area contributed by atoms with Gasteiger partial charge in [-0.3, -0.25) is 0 Å². The fourth-order valence-electron chi connectivity index (χ4n) is 3.42. The Balaban J connectivity index is 2.15. The molecule has 23 heavy (non-hydrogen) atoms. The largest absolute Gasteiger partial charge is 0.497 e. The van der Waals surface area contributed by atoms with Gasteiger partial charge >= 0.3 is 0 Å². The Labute approximate surface area is 143 Å². The molecule has 0 fully saturated rings. The van der Waals surface area contributed by atoms with Crippen LogP contribution >= 0.6 is 0 Å². The first-order valence-corrected chi connectivity index (χ1v) is 8.84. The second kappa shape index (κ2) is 5.74. The number of hydrogen-bond acceptors (Lipinski definition) is 1. The van der Waals surface area contributed by atoms with Crippen LogP contribution in [0.3, 0.4) is 0 Å².